The Morgan fingerprint density at radius 2 is 1.78 bits per heavy atom. The second-order valence-electron chi connectivity index (χ2n) is 13.8. The van der Waals surface area contributed by atoms with E-state index in [4.69, 9.17) is 9.97 Å². The topological polar surface area (TPSA) is 104 Å². The van der Waals surface area contributed by atoms with Gasteiger partial charge in [0.15, 0.2) is 5.82 Å². The molecule has 1 saturated carbocycles. The Kier molecular flexibility index (Phi) is 7.19. The van der Waals surface area contributed by atoms with Gasteiger partial charge in [0, 0.05) is 35.1 Å². The lowest BCUT2D eigenvalue weighted by Crippen LogP contribution is -2.57. The van der Waals surface area contributed by atoms with Gasteiger partial charge in [-0.2, -0.15) is 0 Å². The maximum Gasteiger partial charge on any atom is 0.336 e. The second kappa shape index (κ2) is 11.0. The van der Waals surface area contributed by atoms with Gasteiger partial charge in [0.2, 0.25) is 5.91 Å². The number of pyridine rings is 1. The van der Waals surface area contributed by atoms with Crippen molar-refractivity contribution in [1.82, 2.24) is 19.4 Å². The molecule has 1 aliphatic carbocycles. The molecule has 7 rings (SSSR count). The molecular weight excluding hydrogens is 564 g/mol. The Bertz CT molecular complexity index is 1810. The monoisotopic (exact) mass is 606 g/mol. The number of rotatable bonds is 7. The number of nitrogens with one attached hydrogen (secondary N) is 1. The zero-order chi connectivity index (χ0) is 31.6. The van der Waals surface area contributed by atoms with Crippen molar-refractivity contribution in [1.29, 1.82) is 0 Å². The molecule has 45 heavy (non-hydrogen) atoms. The van der Waals surface area contributed by atoms with Crippen LogP contribution in [0.1, 0.15) is 87.3 Å². The lowest BCUT2D eigenvalue weighted by atomic mass is 9.82. The van der Waals surface area contributed by atoms with Gasteiger partial charge < -0.3 is 24.8 Å². The fraction of sp³-hybridized carbons (Fsp3) is 0.444. The van der Waals surface area contributed by atoms with Crippen LogP contribution in [0.4, 0.5) is 17.2 Å². The van der Waals surface area contributed by atoms with Crippen LogP contribution in [-0.2, 0) is 10.2 Å². The number of aromatic nitrogens is 3. The van der Waals surface area contributed by atoms with Gasteiger partial charge in [-0.3, -0.25) is 4.79 Å². The maximum atomic E-state index is 13.9. The summed E-state index contributed by atoms with van der Waals surface area (Å²) in [6.45, 7) is 12.4. The number of hydrogen-bond acceptors (Lipinski definition) is 6. The van der Waals surface area contributed by atoms with Gasteiger partial charge in [0.1, 0.15) is 5.52 Å². The minimum atomic E-state index is -0.968. The highest BCUT2D eigenvalue weighted by Crippen LogP contribution is 2.48. The Morgan fingerprint density at radius 3 is 2.49 bits per heavy atom. The highest BCUT2D eigenvalue weighted by atomic mass is 16.4. The van der Waals surface area contributed by atoms with E-state index in [1.165, 1.54) is 32.4 Å². The van der Waals surface area contributed by atoms with Crippen LogP contribution >= 0.6 is 0 Å². The van der Waals surface area contributed by atoms with Gasteiger partial charge in [-0.15, -0.1) is 0 Å². The number of carboxylic acids is 1. The van der Waals surface area contributed by atoms with E-state index in [1.54, 1.807) is 19.1 Å². The average molecular weight is 607 g/mol. The third-order valence-electron chi connectivity index (χ3n) is 10.2. The van der Waals surface area contributed by atoms with E-state index in [0.717, 1.165) is 46.4 Å². The van der Waals surface area contributed by atoms with Gasteiger partial charge in [-0.05, 0) is 109 Å². The zero-order valence-electron chi connectivity index (χ0n) is 26.8. The summed E-state index contributed by atoms with van der Waals surface area (Å²) in [7, 11) is 0. The molecule has 4 aromatic rings. The zero-order valence-corrected chi connectivity index (χ0v) is 26.8. The minimum Gasteiger partial charge on any atom is -0.478 e. The molecule has 0 unspecified atom stereocenters. The third kappa shape index (κ3) is 4.97. The van der Waals surface area contributed by atoms with Crippen molar-refractivity contribution >= 4 is 40.1 Å². The molecule has 9 heteroatoms. The van der Waals surface area contributed by atoms with Crippen molar-refractivity contribution in [3.05, 3.63) is 65.5 Å². The molecule has 0 bridgehead atoms. The minimum absolute atomic E-state index is 0.147. The summed E-state index contributed by atoms with van der Waals surface area (Å²) in [5, 5.41) is 13.1. The van der Waals surface area contributed by atoms with Gasteiger partial charge in [0.05, 0.1) is 28.5 Å². The predicted octanol–water partition coefficient (Wildman–Crippen LogP) is 7.07. The highest BCUT2D eigenvalue weighted by molar-refractivity contribution is 6.09. The van der Waals surface area contributed by atoms with Crippen LogP contribution in [0.5, 0.6) is 0 Å². The molecule has 0 atom stereocenters. The van der Waals surface area contributed by atoms with Gasteiger partial charge in [-0.25, -0.2) is 14.8 Å². The molecule has 2 aliphatic heterocycles. The molecular formula is C36H42N6O3. The molecule has 0 radical (unpaired) electrons. The number of nitrogens with zero attached hydrogens (tertiary/aromatic N) is 5. The second-order valence-corrected chi connectivity index (χ2v) is 13.8. The normalized spacial score (nSPS) is 21.3. The summed E-state index contributed by atoms with van der Waals surface area (Å²) < 4.78 is 2.07. The number of piperidine rings is 1. The summed E-state index contributed by atoms with van der Waals surface area (Å²) in [6, 6.07) is 14.5. The summed E-state index contributed by atoms with van der Waals surface area (Å²) in [5.41, 5.74) is 6.33. The number of anilines is 3. The van der Waals surface area contributed by atoms with Crippen molar-refractivity contribution < 1.29 is 14.7 Å². The van der Waals surface area contributed by atoms with E-state index in [1.807, 2.05) is 32.3 Å². The SMILES string of the molecule is Cc1ccc(Nc2nc(-c3ccc4c(c3)N(C3CC(N5CCCCC5)C3)C(=O)C4(C)C)cc3ncn(C(C)C)c23)cc1C(=O)O. The van der Waals surface area contributed by atoms with E-state index >= 15 is 0 Å². The first-order valence-electron chi connectivity index (χ1n) is 16.2. The lowest BCUT2D eigenvalue weighted by Gasteiger charge is -2.48. The first-order chi connectivity index (χ1) is 21.5. The van der Waals surface area contributed by atoms with Crippen molar-refractivity contribution in [2.24, 2.45) is 0 Å². The Balaban J connectivity index is 1.27. The smallest absolute Gasteiger partial charge is 0.336 e. The molecule has 4 heterocycles. The lowest BCUT2D eigenvalue weighted by molar-refractivity contribution is -0.123. The summed E-state index contributed by atoms with van der Waals surface area (Å²) >= 11 is 0. The number of imidazole rings is 1. The number of hydrogen-bond donors (Lipinski definition) is 2. The number of aromatic carboxylic acids is 1. The van der Waals surface area contributed by atoms with Crippen LogP contribution < -0.4 is 10.2 Å². The van der Waals surface area contributed by atoms with Crippen molar-refractivity contribution in [2.45, 2.75) is 90.3 Å². The molecule has 2 aromatic carbocycles. The van der Waals surface area contributed by atoms with Crippen molar-refractivity contribution in [3.63, 3.8) is 0 Å². The molecule has 3 aliphatic rings. The van der Waals surface area contributed by atoms with Crippen LogP contribution in [0.2, 0.25) is 0 Å². The number of carbonyl (C=O) groups is 2. The number of benzene rings is 2. The molecule has 1 amide bonds. The third-order valence-corrected chi connectivity index (χ3v) is 10.2. The Morgan fingerprint density at radius 1 is 1.02 bits per heavy atom. The van der Waals surface area contributed by atoms with E-state index in [-0.39, 0.29) is 23.6 Å². The predicted molar refractivity (Wildman–Crippen MR) is 178 cm³/mol. The van der Waals surface area contributed by atoms with Crippen LogP contribution in [-0.4, -0.2) is 61.6 Å². The largest absolute Gasteiger partial charge is 0.478 e. The van der Waals surface area contributed by atoms with E-state index in [2.05, 4.69) is 51.7 Å². The molecule has 2 fully saturated rings. The standard InChI is InChI=1S/C36H42N6O3/c1-21(2)41-20-37-30-19-29(39-33(32(30)41)38-24-11-9-22(3)27(16-24)34(43)44)23-10-12-28-31(15-23)42(35(45)36(28,4)5)26-17-25(18-26)40-13-7-6-8-14-40/h9-12,15-16,19-21,25-26H,6-8,13-14,17-18H2,1-5H3,(H,38,39)(H,43,44). The fourth-order valence-corrected chi connectivity index (χ4v) is 7.41. The fourth-order valence-electron chi connectivity index (χ4n) is 7.41. The molecule has 2 N–H and O–H groups in total. The summed E-state index contributed by atoms with van der Waals surface area (Å²) in [5.74, 6) is -0.193. The van der Waals surface area contributed by atoms with Crippen LogP contribution in [0.3, 0.4) is 0 Å². The molecule has 2 aromatic heterocycles. The van der Waals surface area contributed by atoms with Gasteiger partial charge in [-0.1, -0.05) is 24.6 Å². The van der Waals surface area contributed by atoms with Crippen molar-refractivity contribution in [2.75, 3.05) is 23.3 Å². The maximum absolute atomic E-state index is 13.9. The summed E-state index contributed by atoms with van der Waals surface area (Å²) in [4.78, 5) is 40.3. The van der Waals surface area contributed by atoms with Crippen LogP contribution in [0.15, 0.2) is 48.8 Å². The quantitative estimate of drug-likeness (QED) is 0.232. The van der Waals surface area contributed by atoms with Crippen LogP contribution in [0.25, 0.3) is 22.3 Å². The molecule has 1 saturated heterocycles. The Hall–Kier alpha value is -4.24. The van der Waals surface area contributed by atoms with Crippen molar-refractivity contribution in [3.8, 4) is 11.3 Å². The van der Waals surface area contributed by atoms with E-state index < -0.39 is 11.4 Å². The summed E-state index contributed by atoms with van der Waals surface area (Å²) in [6.07, 6.45) is 7.74. The van der Waals surface area contributed by atoms with E-state index in [0.29, 0.717) is 23.1 Å². The van der Waals surface area contributed by atoms with Gasteiger partial charge in [0.25, 0.3) is 0 Å². The number of carbonyl (C=O) groups excluding carboxylic acids is 1. The average Bonchev–Trinajstić information content (AvgIpc) is 3.51. The van der Waals surface area contributed by atoms with Crippen LogP contribution in [0, 0.1) is 6.92 Å². The number of fused-ring (bicyclic) bond motifs is 2. The molecule has 9 nitrogen and oxygen atoms in total. The number of aryl methyl sites for hydroxylation is 1. The first-order valence-corrected chi connectivity index (χ1v) is 16.2. The van der Waals surface area contributed by atoms with Gasteiger partial charge >= 0.3 is 5.97 Å². The number of amides is 1. The highest BCUT2D eigenvalue weighted by Gasteiger charge is 2.50. The number of carboxylic acid groups (broad SMARTS) is 1. The molecule has 0 spiro atoms. The van der Waals surface area contributed by atoms with E-state index in [9.17, 15) is 14.7 Å². The Labute approximate surface area is 264 Å². The first kappa shape index (κ1) is 29.5. The number of likely N-dealkylation sites (tertiary alicyclic amines) is 1. The molecule has 234 valence electrons.